The number of hydrogen-bond acceptors (Lipinski definition) is 5. The molecule has 0 aromatic heterocycles. The molecule has 25 heavy (non-hydrogen) atoms. The highest BCUT2D eigenvalue weighted by Gasteiger charge is 2.65. The molecule has 2 saturated carbocycles. The maximum atomic E-state index is 12.8. The molecule has 0 spiro atoms. The first-order valence-corrected chi connectivity index (χ1v) is 9.93. The summed E-state index contributed by atoms with van der Waals surface area (Å²) in [6, 6.07) is 4.38. The van der Waals surface area contributed by atoms with Gasteiger partial charge in [0.15, 0.2) is 0 Å². The second-order valence-corrected chi connectivity index (χ2v) is 9.48. The number of sulfonamides is 1. The molecular formula is C17H22N2O5S. The Morgan fingerprint density at radius 1 is 1.36 bits per heavy atom. The van der Waals surface area contributed by atoms with Crippen molar-refractivity contribution in [1.29, 1.82) is 0 Å². The zero-order valence-electron chi connectivity index (χ0n) is 14.5. The van der Waals surface area contributed by atoms with Crippen LogP contribution >= 0.6 is 0 Å². The smallest absolute Gasteiger partial charge is 0.293 e. The van der Waals surface area contributed by atoms with E-state index in [1.165, 1.54) is 12.1 Å². The van der Waals surface area contributed by atoms with Gasteiger partial charge in [-0.1, -0.05) is 26.0 Å². The SMILES string of the molecule is Cc1cccc([N+](=O)[O-])c1NS(=O)(=O)CC12CCC(CC1=O)C2(C)C. The van der Waals surface area contributed by atoms with Gasteiger partial charge in [-0.15, -0.1) is 0 Å². The van der Waals surface area contributed by atoms with Crippen molar-refractivity contribution in [3.05, 3.63) is 33.9 Å². The first-order valence-electron chi connectivity index (χ1n) is 8.28. The Hall–Kier alpha value is -1.96. The molecule has 0 saturated heterocycles. The minimum absolute atomic E-state index is 0.00147. The fraction of sp³-hybridized carbons (Fsp3) is 0.588. The van der Waals surface area contributed by atoms with Gasteiger partial charge in [-0.25, -0.2) is 8.42 Å². The fourth-order valence-corrected chi connectivity index (χ4v) is 6.54. The lowest BCUT2D eigenvalue weighted by Gasteiger charge is -2.36. The molecule has 8 heteroatoms. The van der Waals surface area contributed by atoms with Gasteiger partial charge in [-0.2, -0.15) is 0 Å². The predicted octanol–water partition coefficient (Wildman–Crippen LogP) is 3.04. The maximum Gasteiger partial charge on any atom is 0.293 e. The lowest BCUT2D eigenvalue weighted by Crippen LogP contribution is -2.43. The number of para-hydroxylation sites is 1. The summed E-state index contributed by atoms with van der Waals surface area (Å²) in [4.78, 5) is 23.1. The first kappa shape index (κ1) is 17.8. The lowest BCUT2D eigenvalue weighted by atomic mass is 9.70. The van der Waals surface area contributed by atoms with Crippen LogP contribution in [-0.4, -0.2) is 24.9 Å². The van der Waals surface area contributed by atoms with Crippen LogP contribution in [0, 0.1) is 33.8 Å². The second kappa shape index (κ2) is 5.52. The van der Waals surface area contributed by atoms with Gasteiger partial charge in [0, 0.05) is 12.5 Å². The average molecular weight is 366 g/mol. The molecular weight excluding hydrogens is 344 g/mol. The largest absolute Gasteiger partial charge is 0.299 e. The third kappa shape index (κ3) is 2.63. The number of benzene rings is 1. The summed E-state index contributed by atoms with van der Waals surface area (Å²) in [5.41, 5.74) is -1.13. The van der Waals surface area contributed by atoms with Crippen LogP contribution in [0.25, 0.3) is 0 Å². The van der Waals surface area contributed by atoms with Crippen LogP contribution in [-0.2, 0) is 14.8 Å². The summed E-state index contributed by atoms with van der Waals surface area (Å²) in [5.74, 6) is -0.116. The topological polar surface area (TPSA) is 106 Å². The molecule has 0 radical (unpaired) electrons. The van der Waals surface area contributed by atoms with Gasteiger partial charge in [-0.3, -0.25) is 19.6 Å². The Balaban J connectivity index is 1.95. The number of aryl methyl sites for hydroxylation is 1. The van der Waals surface area contributed by atoms with Gasteiger partial charge in [0.25, 0.3) is 5.69 Å². The van der Waals surface area contributed by atoms with Crippen LogP contribution < -0.4 is 4.72 Å². The minimum Gasteiger partial charge on any atom is -0.299 e. The molecule has 7 nitrogen and oxygen atoms in total. The van der Waals surface area contributed by atoms with Gasteiger partial charge in [0.05, 0.1) is 16.1 Å². The summed E-state index contributed by atoms with van der Waals surface area (Å²) < 4.78 is 28.0. The van der Waals surface area contributed by atoms with Crippen molar-refractivity contribution in [3.63, 3.8) is 0 Å². The highest BCUT2D eigenvalue weighted by atomic mass is 32.2. The van der Waals surface area contributed by atoms with E-state index < -0.39 is 20.4 Å². The van der Waals surface area contributed by atoms with Crippen molar-refractivity contribution in [2.75, 3.05) is 10.5 Å². The summed E-state index contributed by atoms with van der Waals surface area (Å²) in [6.07, 6.45) is 1.83. The summed E-state index contributed by atoms with van der Waals surface area (Å²) in [7, 11) is -3.92. The summed E-state index contributed by atoms with van der Waals surface area (Å²) >= 11 is 0. The van der Waals surface area contributed by atoms with E-state index in [0.29, 0.717) is 18.4 Å². The molecule has 2 aliphatic rings. The van der Waals surface area contributed by atoms with Crippen molar-refractivity contribution in [1.82, 2.24) is 0 Å². The molecule has 0 heterocycles. The number of nitrogens with one attached hydrogen (secondary N) is 1. The molecule has 1 aromatic carbocycles. The summed E-state index contributed by atoms with van der Waals surface area (Å²) in [5, 5.41) is 11.2. The normalized spacial score (nSPS) is 27.5. The van der Waals surface area contributed by atoms with Crippen LogP contribution in [0.1, 0.15) is 38.7 Å². The summed E-state index contributed by atoms with van der Waals surface area (Å²) in [6.45, 7) is 5.53. The monoisotopic (exact) mass is 366 g/mol. The Bertz CT molecular complexity index is 862. The number of Topliss-reactive ketones (excluding diaryl/α,β-unsaturated/α-hetero) is 1. The molecule has 2 aliphatic carbocycles. The maximum absolute atomic E-state index is 12.8. The molecule has 1 aromatic rings. The van der Waals surface area contributed by atoms with E-state index in [2.05, 4.69) is 4.72 Å². The molecule has 136 valence electrons. The van der Waals surface area contributed by atoms with Crippen LogP contribution in [0.5, 0.6) is 0 Å². The van der Waals surface area contributed by atoms with Crippen LogP contribution in [0.4, 0.5) is 11.4 Å². The van der Waals surface area contributed by atoms with E-state index >= 15 is 0 Å². The lowest BCUT2D eigenvalue weighted by molar-refractivity contribution is -0.383. The number of carbonyl (C=O) groups excluding carboxylic acids is 1. The van der Waals surface area contributed by atoms with Crippen LogP contribution in [0.3, 0.4) is 0 Å². The van der Waals surface area contributed by atoms with Crippen LogP contribution in [0.15, 0.2) is 18.2 Å². The van der Waals surface area contributed by atoms with Crippen molar-refractivity contribution in [2.45, 2.75) is 40.0 Å². The average Bonchev–Trinajstić information content (AvgIpc) is 2.82. The molecule has 2 unspecified atom stereocenters. The molecule has 1 N–H and O–H groups in total. The van der Waals surface area contributed by atoms with Crippen molar-refractivity contribution in [3.8, 4) is 0 Å². The van der Waals surface area contributed by atoms with Crippen molar-refractivity contribution < 1.29 is 18.1 Å². The molecule has 2 fully saturated rings. The molecule has 0 amide bonds. The van der Waals surface area contributed by atoms with E-state index in [-0.39, 0.29) is 34.2 Å². The number of fused-ring (bicyclic) bond motifs is 2. The zero-order valence-corrected chi connectivity index (χ0v) is 15.4. The standard InChI is InChI=1S/C17H22N2O5S/c1-11-5-4-6-13(19(21)22)15(11)18-25(23,24)10-17-8-7-12(9-14(17)20)16(17,2)3/h4-6,12,18H,7-10H2,1-3H3. The number of hydrogen-bond donors (Lipinski definition) is 1. The van der Waals surface area contributed by atoms with E-state index in [1.807, 2.05) is 13.8 Å². The number of nitrogens with zero attached hydrogens (tertiary/aromatic N) is 1. The number of anilines is 1. The van der Waals surface area contributed by atoms with Crippen LogP contribution in [0.2, 0.25) is 0 Å². The number of rotatable bonds is 5. The van der Waals surface area contributed by atoms with E-state index in [0.717, 1.165) is 6.42 Å². The number of nitro benzene ring substituents is 1. The number of nitro groups is 1. The van der Waals surface area contributed by atoms with Gasteiger partial charge in [-0.05, 0) is 36.7 Å². The highest BCUT2D eigenvalue weighted by molar-refractivity contribution is 7.92. The second-order valence-electron chi connectivity index (χ2n) is 7.75. The van der Waals surface area contributed by atoms with Gasteiger partial charge >= 0.3 is 0 Å². The first-order chi connectivity index (χ1) is 11.5. The molecule has 3 rings (SSSR count). The molecule has 0 aliphatic heterocycles. The van der Waals surface area contributed by atoms with Gasteiger partial charge < -0.3 is 0 Å². The van der Waals surface area contributed by atoms with Crippen molar-refractivity contribution >= 4 is 27.2 Å². The van der Waals surface area contributed by atoms with E-state index in [1.54, 1.807) is 13.0 Å². The molecule has 2 bridgehead atoms. The van der Waals surface area contributed by atoms with E-state index in [9.17, 15) is 23.3 Å². The Labute approximate surface area is 147 Å². The van der Waals surface area contributed by atoms with Crippen molar-refractivity contribution in [2.24, 2.45) is 16.7 Å². The van der Waals surface area contributed by atoms with Gasteiger partial charge in [0.1, 0.15) is 11.5 Å². The van der Waals surface area contributed by atoms with E-state index in [4.69, 9.17) is 0 Å². The quantitative estimate of drug-likeness (QED) is 0.637. The molecule has 2 atom stereocenters. The zero-order chi connectivity index (χ0) is 18.6. The Morgan fingerprint density at radius 2 is 2.04 bits per heavy atom. The third-order valence-corrected chi connectivity index (χ3v) is 7.67. The number of ketones is 1. The Morgan fingerprint density at radius 3 is 2.56 bits per heavy atom. The Kier molecular flexibility index (Phi) is 3.94. The number of carbonyl (C=O) groups is 1. The highest BCUT2D eigenvalue weighted by Crippen LogP contribution is 2.64. The third-order valence-electron chi connectivity index (χ3n) is 6.28. The van der Waals surface area contributed by atoms with Gasteiger partial charge in [0.2, 0.25) is 10.0 Å². The minimum atomic E-state index is -3.92. The fourth-order valence-electron chi connectivity index (χ4n) is 4.56. The predicted molar refractivity (Wildman–Crippen MR) is 93.8 cm³/mol.